The van der Waals surface area contributed by atoms with Gasteiger partial charge in [0, 0.05) is 17.7 Å². The number of rotatable bonds is 9. The van der Waals surface area contributed by atoms with Crippen LogP contribution < -0.4 is 15.0 Å². The smallest absolute Gasteiger partial charge is 0.339 e. The summed E-state index contributed by atoms with van der Waals surface area (Å²) in [5.41, 5.74) is 0.904. The second-order valence-corrected chi connectivity index (χ2v) is 7.01. The van der Waals surface area contributed by atoms with E-state index in [0.717, 1.165) is 0 Å². The molecule has 9 heteroatoms. The average molecular weight is 437 g/mol. The van der Waals surface area contributed by atoms with Crippen LogP contribution in [0.2, 0.25) is 0 Å². The number of benzene rings is 2. The van der Waals surface area contributed by atoms with Crippen molar-refractivity contribution in [1.82, 2.24) is 4.90 Å². The van der Waals surface area contributed by atoms with Crippen molar-refractivity contribution in [2.24, 2.45) is 0 Å². The molecule has 2 aromatic carbocycles. The van der Waals surface area contributed by atoms with Crippen molar-refractivity contribution in [3.63, 3.8) is 0 Å². The Morgan fingerprint density at radius 1 is 0.938 bits per heavy atom. The van der Waals surface area contributed by atoms with Crippen LogP contribution in [0.4, 0.5) is 16.2 Å². The Bertz CT molecular complexity index is 1060. The predicted octanol–water partition coefficient (Wildman–Crippen LogP) is 3.00. The molecule has 166 valence electrons. The highest BCUT2D eigenvalue weighted by Gasteiger charge is 2.47. The molecule has 0 aliphatic carbocycles. The van der Waals surface area contributed by atoms with Crippen LogP contribution in [0.5, 0.6) is 5.75 Å². The number of nitrogens with one attached hydrogen (secondary N) is 1. The predicted molar refractivity (Wildman–Crippen MR) is 117 cm³/mol. The second-order valence-electron chi connectivity index (χ2n) is 7.01. The van der Waals surface area contributed by atoms with E-state index in [9.17, 15) is 24.0 Å². The lowest BCUT2D eigenvalue weighted by Crippen LogP contribution is -2.37. The lowest BCUT2D eigenvalue weighted by molar-refractivity contribution is -0.139. The zero-order valence-electron chi connectivity index (χ0n) is 17.8. The molecule has 0 saturated carbocycles. The van der Waals surface area contributed by atoms with Crippen LogP contribution >= 0.6 is 0 Å². The largest absolute Gasteiger partial charge is 0.492 e. The molecule has 0 spiro atoms. The van der Waals surface area contributed by atoms with Gasteiger partial charge in [-0.05, 0) is 49.7 Å². The summed E-state index contributed by atoms with van der Waals surface area (Å²) in [5.74, 6) is -2.52. The first-order chi connectivity index (χ1) is 15.4. The third-order valence-corrected chi connectivity index (χ3v) is 4.73. The Hall–Kier alpha value is -4.01. The minimum atomic E-state index is -1.09. The third kappa shape index (κ3) is 4.66. The Balaban J connectivity index is 1.74. The number of para-hydroxylation sites is 2. The molecule has 1 N–H and O–H groups in total. The fourth-order valence-electron chi connectivity index (χ4n) is 3.20. The van der Waals surface area contributed by atoms with Gasteiger partial charge in [-0.2, -0.15) is 0 Å². The van der Waals surface area contributed by atoms with Gasteiger partial charge < -0.3 is 10.1 Å². The van der Waals surface area contributed by atoms with Crippen molar-refractivity contribution in [2.75, 3.05) is 23.4 Å². The maximum Gasteiger partial charge on any atom is 0.339 e. The van der Waals surface area contributed by atoms with E-state index in [1.165, 1.54) is 18.2 Å². The minimum absolute atomic E-state index is 0.134. The number of hydrogen-bond donors (Lipinski definition) is 1. The number of nitrogens with zero attached hydrogens (tertiary/aromatic N) is 2. The summed E-state index contributed by atoms with van der Waals surface area (Å²) in [4.78, 5) is 63.5. The van der Waals surface area contributed by atoms with Gasteiger partial charge in [0.25, 0.3) is 0 Å². The lowest BCUT2D eigenvalue weighted by Gasteiger charge is -2.18. The van der Waals surface area contributed by atoms with Crippen LogP contribution in [0.15, 0.2) is 48.5 Å². The molecule has 32 heavy (non-hydrogen) atoms. The molecule has 5 amide bonds. The van der Waals surface area contributed by atoms with Gasteiger partial charge >= 0.3 is 17.8 Å². The van der Waals surface area contributed by atoms with Gasteiger partial charge in [0.1, 0.15) is 5.75 Å². The molecule has 9 nitrogen and oxygen atoms in total. The van der Waals surface area contributed by atoms with Gasteiger partial charge in [0.15, 0.2) is 5.78 Å². The van der Waals surface area contributed by atoms with Crippen molar-refractivity contribution >= 4 is 40.9 Å². The van der Waals surface area contributed by atoms with Crippen LogP contribution in [-0.2, 0) is 14.4 Å². The highest BCUT2D eigenvalue weighted by molar-refractivity contribution is 6.53. The average Bonchev–Trinajstić information content (AvgIpc) is 2.98. The van der Waals surface area contributed by atoms with Crippen LogP contribution in [0, 0.1) is 0 Å². The van der Waals surface area contributed by atoms with E-state index in [2.05, 4.69) is 5.32 Å². The SMILES string of the molecule is CCCC(=O)Nc1ccc(C(=O)CN2C(=O)C(=O)N(c3ccccc3OCC)C2=O)cc1. The van der Waals surface area contributed by atoms with Crippen molar-refractivity contribution < 1.29 is 28.7 Å². The summed E-state index contributed by atoms with van der Waals surface area (Å²) < 4.78 is 5.45. The van der Waals surface area contributed by atoms with E-state index in [4.69, 9.17) is 4.74 Å². The van der Waals surface area contributed by atoms with Gasteiger partial charge in [-0.25, -0.2) is 14.6 Å². The van der Waals surface area contributed by atoms with Crippen molar-refractivity contribution in [3.05, 3.63) is 54.1 Å². The zero-order chi connectivity index (χ0) is 23.3. The molecule has 1 saturated heterocycles. The number of carbonyl (C=O) groups is 5. The standard InChI is InChI=1S/C23H23N3O6/c1-3-7-20(28)24-16-12-10-15(11-13-16)18(27)14-25-21(29)22(30)26(23(25)31)17-8-5-6-9-19(17)32-4-2/h5-6,8-13H,3-4,7,14H2,1-2H3,(H,24,28). The maximum absolute atomic E-state index is 12.8. The van der Waals surface area contributed by atoms with E-state index in [0.29, 0.717) is 34.9 Å². The zero-order valence-corrected chi connectivity index (χ0v) is 17.8. The van der Waals surface area contributed by atoms with Gasteiger partial charge in [-0.3, -0.25) is 19.2 Å². The molecule has 0 atom stereocenters. The fraction of sp³-hybridized carbons (Fsp3) is 0.261. The molecule has 0 unspecified atom stereocenters. The van der Waals surface area contributed by atoms with Crippen LogP contribution in [0.3, 0.4) is 0 Å². The molecule has 2 aromatic rings. The Kier molecular flexibility index (Phi) is 6.99. The molecule has 0 bridgehead atoms. The minimum Gasteiger partial charge on any atom is -0.492 e. The molecule has 1 aliphatic rings. The first kappa shape index (κ1) is 22.7. The van der Waals surface area contributed by atoms with Gasteiger partial charge in [0.2, 0.25) is 5.91 Å². The van der Waals surface area contributed by atoms with Crippen molar-refractivity contribution in [3.8, 4) is 5.75 Å². The Labute approximate surface area is 184 Å². The first-order valence-corrected chi connectivity index (χ1v) is 10.2. The number of hydrogen-bond acceptors (Lipinski definition) is 6. The normalized spacial score (nSPS) is 13.5. The van der Waals surface area contributed by atoms with E-state index in [-0.39, 0.29) is 22.9 Å². The van der Waals surface area contributed by atoms with Gasteiger partial charge in [0.05, 0.1) is 18.8 Å². The number of ether oxygens (including phenoxy) is 1. The molecule has 0 aromatic heterocycles. The topological polar surface area (TPSA) is 113 Å². The summed E-state index contributed by atoms with van der Waals surface area (Å²) >= 11 is 0. The molecular formula is C23H23N3O6. The summed E-state index contributed by atoms with van der Waals surface area (Å²) in [6.07, 6.45) is 1.10. The lowest BCUT2D eigenvalue weighted by atomic mass is 10.1. The Morgan fingerprint density at radius 2 is 1.62 bits per heavy atom. The molecule has 1 heterocycles. The summed E-state index contributed by atoms with van der Waals surface area (Å²) in [6, 6.07) is 11.5. The number of Topliss-reactive ketones (excluding diaryl/α,β-unsaturated/α-hetero) is 1. The van der Waals surface area contributed by atoms with E-state index in [1.807, 2.05) is 6.92 Å². The third-order valence-electron chi connectivity index (χ3n) is 4.73. The molecule has 0 radical (unpaired) electrons. The summed E-state index contributed by atoms with van der Waals surface area (Å²) in [6.45, 7) is 3.36. The van der Waals surface area contributed by atoms with Crippen molar-refractivity contribution in [2.45, 2.75) is 26.7 Å². The highest BCUT2D eigenvalue weighted by Crippen LogP contribution is 2.31. The number of ketones is 1. The van der Waals surface area contributed by atoms with Crippen LogP contribution in [-0.4, -0.2) is 47.6 Å². The molecule has 3 rings (SSSR count). The number of urea groups is 1. The van der Waals surface area contributed by atoms with Crippen molar-refractivity contribution in [1.29, 1.82) is 0 Å². The molecule has 1 aliphatic heterocycles. The second kappa shape index (κ2) is 9.86. The van der Waals surface area contributed by atoms with E-state index in [1.54, 1.807) is 37.3 Å². The summed E-state index contributed by atoms with van der Waals surface area (Å²) in [7, 11) is 0. The number of imide groups is 2. The Morgan fingerprint density at radius 3 is 2.28 bits per heavy atom. The maximum atomic E-state index is 12.8. The first-order valence-electron chi connectivity index (χ1n) is 10.2. The highest BCUT2D eigenvalue weighted by atomic mass is 16.5. The monoisotopic (exact) mass is 437 g/mol. The molecular weight excluding hydrogens is 414 g/mol. The van der Waals surface area contributed by atoms with E-state index >= 15 is 0 Å². The van der Waals surface area contributed by atoms with Gasteiger partial charge in [-0.15, -0.1) is 0 Å². The summed E-state index contributed by atoms with van der Waals surface area (Å²) in [5, 5.41) is 2.71. The quantitative estimate of drug-likeness (QED) is 0.367. The van der Waals surface area contributed by atoms with E-state index < -0.39 is 30.2 Å². The number of carbonyl (C=O) groups excluding carboxylic acids is 5. The number of anilines is 2. The molecule has 1 fully saturated rings. The number of amides is 5. The van der Waals surface area contributed by atoms with Gasteiger partial charge in [-0.1, -0.05) is 19.1 Å². The van der Waals surface area contributed by atoms with Crippen LogP contribution in [0.1, 0.15) is 37.0 Å². The van der Waals surface area contributed by atoms with Crippen LogP contribution in [0.25, 0.3) is 0 Å². The fourth-order valence-corrected chi connectivity index (χ4v) is 3.20.